The van der Waals surface area contributed by atoms with Crippen LogP contribution in [0.1, 0.15) is 25.5 Å². The summed E-state index contributed by atoms with van der Waals surface area (Å²) >= 11 is 0. The van der Waals surface area contributed by atoms with Gasteiger partial charge in [0.1, 0.15) is 11.7 Å². The van der Waals surface area contributed by atoms with Gasteiger partial charge in [-0.1, -0.05) is 12.1 Å². The van der Waals surface area contributed by atoms with E-state index in [0.717, 1.165) is 5.52 Å². The molecule has 2 heterocycles. The van der Waals surface area contributed by atoms with Gasteiger partial charge in [0.05, 0.1) is 11.1 Å². The Balaban J connectivity index is 2.47. The molecule has 1 atom stereocenters. The van der Waals surface area contributed by atoms with Crippen molar-refractivity contribution in [2.24, 2.45) is 7.05 Å². The van der Waals surface area contributed by atoms with E-state index in [1.807, 2.05) is 29.8 Å². The first kappa shape index (κ1) is 11.3. The molecule has 4 nitrogen and oxygen atoms in total. The fourth-order valence-electron chi connectivity index (χ4n) is 2.51. The molecule has 18 heavy (non-hydrogen) atoms. The van der Waals surface area contributed by atoms with Crippen molar-refractivity contribution in [2.75, 3.05) is 0 Å². The largest absolute Gasteiger partial charge is 0.469 e. The Bertz CT molecular complexity index is 700. The molecular formula is C14H15NO3. The van der Waals surface area contributed by atoms with Crippen LogP contribution in [-0.2, 0) is 7.05 Å². The molecule has 1 N–H and O–H groups in total. The molecular weight excluding hydrogens is 230 g/mol. The van der Waals surface area contributed by atoms with Gasteiger partial charge < -0.3 is 14.4 Å². The first-order chi connectivity index (χ1) is 8.43. The molecule has 1 aliphatic heterocycles. The van der Waals surface area contributed by atoms with Gasteiger partial charge in [-0.15, -0.1) is 0 Å². The summed E-state index contributed by atoms with van der Waals surface area (Å²) in [6.07, 6.45) is -0.893. The maximum absolute atomic E-state index is 12.4. The summed E-state index contributed by atoms with van der Waals surface area (Å²) in [4.78, 5) is 12.4. The van der Waals surface area contributed by atoms with Gasteiger partial charge in [0.25, 0.3) is 0 Å². The number of ether oxygens (including phenoxy) is 1. The molecule has 0 bridgehead atoms. The molecule has 0 saturated heterocycles. The molecule has 1 unspecified atom stereocenters. The van der Waals surface area contributed by atoms with Crippen molar-refractivity contribution in [3.63, 3.8) is 0 Å². The Morgan fingerprint density at radius 2 is 2.00 bits per heavy atom. The van der Waals surface area contributed by atoms with E-state index in [1.165, 1.54) is 0 Å². The lowest BCUT2D eigenvalue weighted by Crippen LogP contribution is -2.31. The van der Waals surface area contributed by atoms with Gasteiger partial charge in [-0.05, 0) is 26.0 Å². The second-order valence-electron chi connectivity index (χ2n) is 5.23. The molecule has 1 aromatic heterocycles. The second kappa shape index (κ2) is 3.36. The van der Waals surface area contributed by atoms with E-state index in [4.69, 9.17) is 4.74 Å². The van der Waals surface area contributed by atoms with Gasteiger partial charge in [-0.25, -0.2) is 0 Å². The maximum Gasteiger partial charge on any atom is 0.204 e. The fourth-order valence-corrected chi connectivity index (χ4v) is 2.51. The minimum atomic E-state index is -0.893. The van der Waals surface area contributed by atoms with Crippen molar-refractivity contribution in [3.05, 3.63) is 40.1 Å². The van der Waals surface area contributed by atoms with Gasteiger partial charge in [0.2, 0.25) is 5.88 Å². The van der Waals surface area contributed by atoms with Crippen LogP contribution in [0.3, 0.4) is 0 Å². The standard InChI is InChI=1S/C14H15NO3/c1-14(2)12(17)10-11(16)8-6-4-5-7-9(8)15(3)13(10)18-14/h4-7,12,17H,1-3H3. The lowest BCUT2D eigenvalue weighted by Gasteiger charge is -2.21. The number of pyridine rings is 1. The van der Waals surface area contributed by atoms with Crippen molar-refractivity contribution in [3.8, 4) is 5.88 Å². The number of aliphatic hydroxyl groups excluding tert-OH is 1. The van der Waals surface area contributed by atoms with E-state index in [2.05, 4.69) is 0 Å². The predicted octanol–water partition coefficient (Wildman–Crippen LogP) is 1.74. The quantitative estimate of drug-likeness (QED) is 0.769. The van der Waals surface area contributed by atoms with Gasteiger partial charge in [0, 0.05) is 12.4 Å². The summed E-state index contributed by atoms with van der Waals surface area (Å²) in [6.45, 7) is 3.56. The maximum atomic E-state index is 12.4. The number of nitrogens with zero attached hydrogens (tertiary/aromatic N) is 1. The normalized spacial score (nSPS) is 20.8. The first-order valence-electron chi connectivity index (χ1n) is 5.92. The number of benzene rings is 1. The third-order valence-electron chi connectivity index (χ3n) is 3.58. The molecule has 0 spiro atoms. The van der Waals surface area contributed by atoms with Crippen LogP contribution in [0.2, 0.25) is 0 Å². The molecule has 1 aliphatic rings. The zero-order chi connectivity index (χ0) is 13.1. The van der Waals surface area contributed by atoms with E-state index in [1.54, 1.807) is 19.9 Å². The number of aliphatic hydroxyl groups is 1. The Hall–Kier alpha value is -1.81. The molecule has 3 rings (SSSR count). The smallest absolute Gasteiger partial charge is 0.204 e. The summed E-state index contributed by atoms with van der Waals surface area (Å²) in [5, 5.41) is 10.8. The van der Waals surface area contributed by atoms with E-state index in [0.29, 0.717) is 16.8 Å². The van der Waals surface area contributed by atoms with Crippen LogP contribution in [0.15, 0.2) is 29.1 Å². The number of hydrogen-bond acceptors (Lipinski definition) is 3. The third-order valence-corrected chi connectivity index (χ3v) is 3.58. The Morgan fingerprint density at radius 1 is 1.33 bits per heavy atom. The van der Waals surface area contributed by atoms with Crippen molar-refractivity contribution < 1.29 is 9.84 Å². The Morgan fingerprint density at radius 3 is 2.72 bits per heavy atom. The number of fused-ring (bicyclic) bond motifs is 2. The highest BCUT2D eigenvalue weighted by molar-refractivity contribution is 5.81. The first-order valence-corrected chi connectivity index (χ1v) is 5.92. The monoisotopic (exact) mass is 245 g/mol. The summed E-state index contributed by atoms with van der Waals surface area (Å²) in [5.41, 5.74) is 0.264. The highest BCUT2D eigenvalue weighted by Crippen LogP contribution is 2.41. The average Bonchev–Trinajstić information content (AvgIpc) is 2.58. The van der Waals surface area contributed by atoms with E-state index in [9.17, 15) is 9.90 Å². The minimum absolute atomic E-state index is 0.142. The number of hydrogen-bond donors (Lipinski definition) is 1. The van der Waals surface area contributed by atoms with Crippen LogP contribution in [0.5, 0.6) is 5.88 Å². The van der Waals surface area contributed by atoms with E-state index >= 15 is 0 Å². The molecule has 94 valence electrons. The zero-order valence-electron chi connectivity index (χ0n) is 10.6. The van der Waals surface area contributed by atoms with Crippen LogP contribution in [0, 0.1) is 0 Å². The van der Waals surface area contributed by atoms with Gasteiger partial charge in [0.15, 0.2) is 5.43 Å². The van der Waals surface area contributed by atoms with Crippen LogP contribution in [0.4, 0.5) is 0 Å². The zero-order valence-corrected chi connectivity index (χ0v) is 10.6. The molecule has 2 aromatic rings. The van der Waals surface area contributed by atoms with Crippen LogP contribution < -0.4 is 10.2 Å². The van der Waals surface area contributed by atoms with Crippen LogP contribution in [-0.4, -0.2) is 15.3 Å². The van der Waals surface area contributed by atoms with E-state index < -0.39 is 11.7 Å². The van der Waals surface area contributed by atoms with Crippen molar-refractivity contribution in [1.29, 1.82) is 0 Å². The van der Waals surface area contributed by atoms with Crippen molar-refractivity contribution in [1.82, 2.24) is 4.57 Å². The summed E-state index contributed by atoms with van der Waals surface area (Å²) < 4.78 is 7.56. The van der Waals surface area contributed by atoms with E-state index in [-0.39, 0.29) is 5.43 Å². The lowest BCUT2D eigenvalue weighted by atomic mass is 9.97. The van der Waals surface area contributed by atoms with Gasteiger partial charge >= 0.3 is 0 Å². The fraction of sp³-hybridized carbons (Fsp3) is 0.357. The second-order valence-corrected chi connectivity index (χ2v) is 5.23. The molecule has 1 aromatic carbocycles. The lowest BCUT2D eigenvalue weighted by molar-refractivity contribution is -0.00245. The SMILES string of the molecule is Cn1c2c(c(=O)c3ccccc31)C(O)C(C)(C)O2. The molecule has 0 saturated carbocycles. The van der Waals surface area contributed by atoms with Crippen molar-refractivity contribution >= 4 is 10.9 Å². The van der Waals surface area contributed by atoms with Crippen LogP contribution in [0.25, 0.3) is 10.9 Å². The molecule has 4 heteroatoms. The summed E-state index contributed by atoms with van der Waals surface area (Å²) in [5.74, 6) is 0.469. The summed E-state index contributed by atoms with van der Waals surface area (Å²) in [7, 11) is 1.84. The topological polar surface area (TPSA) is 51.5 Å². The predicted molar refractivity (Wildman–Crippen MR) is 68.9 cm³/mol. The highest BCUT2D eigenvalue weighted by Gasteiger charge is 2.43. The summed E-state index contributed by atoms with van der Waals surface area (Å²) in [6, 6.07) is 7.35. The van der Waals surface area contributed by atoms with Crippen LogP contribution >= 0.6 is 0 Å². The Kier molecular flexibility index (Phi) is 2.10. The molecule has 0 amide bonds. The highest BCUT2D eigenvalue weighted by atomic mass is 16.5. The number of aromatic nitrogens is 1. The minimum Gasteiger partial charge on any atom is -0.469 e. The number of para-hydroxylation sites is 1. The molecule has 0 aliphatic carbocycles. The molecule has 0 radical (unpaired) electrons. The number of aryl methyl sites for hydroxylation is 1. The average molecular weight is 245 g/mol. The van der Waals surface area contributed by atoms with Gasteiger partial charge in [-0.3, -0.25) is 4.79 Å². The Labute approximate surface area is 104 Å². The molecule has 0 fully saturated rings. The number of rotatable bonds is 0. The van der Waals surface area contributed by atoms with Crippen molar-refractivity contribution in [2.45, 2.75) is 25.6 Å². The third kappa shape index (κ3) is 1.26. The van der Waals surface area contributed by atoms with Gasteiger partial charge in [-0.2, -0.15) is 0 Å².